The molecule has 0 aliphatic rings. The van der Waals surface area contributed by atoms with Gasteiger partial charge in [-0.15, -0.1) is 10.2 Å². The second kappa shape index (κ2) is 7.37. The molecule has 3 aromatic heterocycles. The summed E-state index contributed by atoms with van der Waals surface area (Å²) >= 11 is 2.87. The molecule has 1 N–H and O–H groups in total. The lowest BCUT2D eigenvalue weighted by molar-refractivity contribution is -0.115. The zero-order valence-corrected chi connectivity index (χ0v) is 18.3. The van der Waals surface area contributed by atoms with Crippen LogP contribution in [0.3, 0.4) is 0 Å². The van der Waals surface area contributed by atoms with E-state index in [4.69, 9.17) is 0 Å². The first-order valence-corrected chi connectivity index (χ1v) is 11.3. The third-order valence-electron chi connectivity index (χ3n) is 5.07. The van der Waals surface area contributed by atoms with Crippen LogP contribution in [0, 0.1) is 13.8 Å². The van der Waals surface area contributed by atoms with Crippen molar-refractivity contribution in [1.82, 2.24) is 19.6 Å². The van der Waals surface area contributed by atoms with Crippen molar-refractivity contribution < 1.29 is 4.79 Å². The lowest BCUT2D eigenvalue weighted by Gasteiger charge is -2.12. The highest BCUT2D eigenvalue weighted by Crippen LogP contribution is 2.31. The largest absolute Gasteiger partial charge is 0.301 e. The van der Waals surface area contributed by atoms with Crippen LogP contribution >= 0.6 is 23.1 Å². The van der Waals surface area contributed by atoms with Gasteiger partial charge >= 0.3 is 0 Å². The predicted molar refractivity (Wildman–Crippen MR) is 124 cm³/mol. The maximum atomic E-state index is 12.8. The van der Waals surface area contributed by atoms with Crippen LogP contribution in [-0.2, 0) is 4.79 Å². The maximum absolute atomic E-state index is 12.8. The predicted octanol–water partition coefficient (Wildman–Crippen LogP) is 5.23. The molecule has 8 heteroatoms. The average Bonchev–Trinajstić information content (AvgIpc) is 3.31. The molecule has 0 aliphatic heterocycles. The van der Waals surface area contributed by atoms with Crippen LogP contribution in [0.1, 0.15) is 18.1 Å². The van der Waals surface area contributed by atoms with E-state index in [0.717, 1.165) is 37.9 Å². The summed E-state index contributed by atoms with van der Waals surface area (Å²) in [4.78, 5) is 17.3. The zero-order valence-electron chi connectivity index (χ0n) is 16.7. The standard InChI is InChI=1S/C22H19N5OS2/c1-12-7-6-8-15-13(2)11-18-25-26-22(27(18)19(12)15)29-14(3)20(28)24-21-23-16-9-4-5-10-17(16)30-21/h4-11,14H,1-3H3,(H,23,24,28). The molecule has 5 aromatic rings. The van der Waals surface area contributed by atoms with Crippen LogP contribution < -0.4 is 5.32 Å². The number of thioether (sulfide) groups is 1. The van der Waals surface area contributed by atoms with E-state index in [0.29, 0.717) is 10.3 Å². The van der Waals surface area contributed by atoms with E-state index in [9.17, 15) is 4.79 Å². The van der Waals surface area contributed by atoms with Crippen molar-refractivity contribution in [2.24, 2.45) is 0 Å². The van der Waals surface area contributed by atoms with Crippen LogP contribution in [0.2, 0.25) is 0 Å². The molecule has 0 bridgehead atoms. The summed E-state index contributed by atoms with van der Waals surface area (Å²) in [6.07, 6.45) is 0. The zero-order chi connectivity index (χ0) is 20.8. The molecule has 5 rings (SSSR count). The number of carbonyl (C=O) groups excluding carboxylic acids is 1. The molecular weight excluding hydrogens is 414 g/mol. The Kier molecular flexibility index (Phi) is 4.67. The number of carbonyl (C=O) groups is 1. The van der Waals surface area contributed by atoms with Crippen molar-refractivity contribution in [2.75, 3.05) is 5.32 Å². The molecule has 1 unspecified atom stereocenters. The van der Waals surface area contributed by atoms with Gasteiger partial charge in [-0.25, -0.2) is 4.98 Å². The fourth-order valence-corrected chi connectivity index (χ4v) is 5.28. The number of para-hydroxylation sites is 2. The fourth-order valence-electron chi connectivity index (χ4n) is 3.55. The number of hydrogen-bond acceptors (Lipinski definition) is 6. The first-order chi connectivity index (χ1) is 14.5. The van der Waals surface area contributed by atoms with Gasteiger partial charge in [-0.1, -0.05) is 53.4 Å². The van der Waals surface area contributed by atoms with E-state index in [1.54, 1.807) is 0 Å². The molecule has 2 aromatic carbocycles. The van der Waals surface area contributed by atoms with Crippen molar-refractivity contribution in [3.63, 3.8) is 0 Å². The van der Waals surface area contributed by atoms with Gasteiger partial charge in [-0.05, 0) is 50.1 Å². The Balaban J connectivity index is 1.45. The molecule has 1 atom stereocenters. The molecule has 0 spiro atoms. The first-order valence-electron chi connectivity index (χ1n) is 9.58. The monoisotopic (exact) mass is 433 g/mol. The molecule has 0 radical (unpaired) electrons. The lowest BCUT2D eigenvalue weighted by atomic mass is 10.1. The Bertz CT molecular complexity index is 1390. The Hall–Kier alpha value is -2.97. The summed E-state index contributed by atoms with van der Waals surface area (Å²) in [5.74, 6) is -0.107. The third kappa shape index (κ3) is 3.22. The van der Waals surface area contributed by atoms with Gasteiger partial charge in [0.05, 0.1) is 21.0 Å². The van der Waals surface area contributed by atoms with Gasteiger partial charge in [0, 0.05) is 5.39 Å². The van der Waals surface area contributed by atoms with Crippen LogP contribution in [0.25, 0.3) is 26.8 Å². The van der Waals surface area contributed by atoms with Crippen LogP contribution in [-0.4, -0.2) is 30.7 Å². The highest BCUT2D eigenvalue weighted by molar-refractivity contribution is 8.00. The van der Waals surface area contributed by atoms with E-state index in [-0.39, 0.29) is 11.2 Å². The van der Waals surface area contributed by atoms with Gasteiger partial charge in [0.25, 0.3) is 0 Å². The number of benzene rings is 2. The fraction of sp³-hybridized carbons (Fsp3) is 0.182. The van der Waals surface area contributed by atoms with Crippen molar-refractivity contribution in [1.29, 1.82) is 0 Å². The molecule has 0 fully saturated rings. The van der Waals surface area contributed by atoms with Gasteiger partial charge in [-0.3, -0.25) is 9.20 Å². The smallest absolute Gasteiger partial charge is 0.239 e. The van der Waals surface area contributed by atoms with E-state index in [2.05, 4.69) is 52.5 Å². The quantitative estimate of drug-likeness (QED) is 0.393. The molecule has 0 aliphatic carbocycles. The van der Waals surface area contributed by atoms with E-state index >= 15 is 0 Å². The molecule has 0 saturated heterocycles. The summed E-state index contributed by atoms with van der Waals surface area (Å²) in [5.41, 5.74) is 5.06. The minimum atomic E-state index is -0.357. The number of hydrogen-bond donors (Lipinski definition) is 1. The van der Waals surface area contributed by atoms with Gasteiger partial charge in [0.2, 0.25) is 5.91 Å². The number of anilines is 1. The van der Waals surface area contributed by atoms with Crippen LogP contribution in [0.4, 0.5) is 5.13 Å². The Labute approximate surface area is 181 Å². The highest BCUT2D eigenvalue weighted by atomic mass is 32.2. The number of fused-ring (bicyclic) bond motifs is 4. The molecule has 3 heterocycles. The summed E-state index contributed by atoms with van der Waals surface area (Å²) in [5, 5.41) is 13.8. The number of aromatic nitrogens is 4. The second-order valence-corrected chi connectivity index (χ2v) is 9.55. The van der Waals surface area contributed by atoms with E-state index < -0.39 is 0 Å². The minimum absolute atomic E-state index is 0.107. The minimum Gasteiger partial charge on any atom is -0.301 e. The van der Waals surface area contributed by atoms with Gasteiger partial charge < -0.3 is 5.32 Å². The first kappa shape index (κ1) is 19.0. The van der Waals surface area contributed by atoms with Crippen molar-refractivity contribution in [3.8, 4) is 0 Å². The normalized spacial score (nSPS) is 12.6. The second-order valence-electron chi connectivity index (χ2n) is 7.21. The van der Waals surface area contributed by atoms with E-state index in [1.807, 2.05) is 41.7 Å². The average molecular weight is 434 g/mol. The summed E-state index contributed by atoms with van der Waals surface area (Å²) < 4.78 is 3.10. The summed E-state index contributed by atoms with van der Waals surface area (Å²) in [7, 11) is 0. The van der Waals surface area contributed by atoms with Gasteiger partial charge in [0.15, 0.2) is 15.9 Å². The van der Waals surface area contributed by atoms with Crippen LogP contribution in [0.15, 0.2) is 53.7 Å². The van der Waals surface area contributed by atoms with Crippen molar-refractivity contribution in [2.45, 2.75) is 31.2 Å². The van der Waals surface area contributed by atoms with Gasteiger partial charge in [0.1, 0.15) is 0 Å². The Morgan fingerprint density at radius 1 is 1.10 bits per heavy atom. The number of thiazole rings is 1. The number of pyridine rings is 1. The SMILES string of the molecule is Cc1cc2nnc(SC(C)C(=O)Nc3nc4ccccc4s3)n2c2c(C)cccc12. The number of nitrogens with zero attached hydrogens (tertiary/aromatic N) is 4. The number of amides is 1. The highest BCUT2D eigenvalue weighted by Gasteiger charge is 2.21. The number of aryl methyl sites for hydroxylation is 2. The Morgan fingerprint density at radius 3 is 2.77 bits per heavy atom. The third-order valence-corrected chi connectivity index (χ3v) is 7.06. The number of rotatable bonds is 4. The Morgan fingerprint density at radius 2 is 1.93 bits per heavy atom. The molecule has 1 amide bonds. The number of nitrogens with one attached hydrogen (secondary N) is 1. The lowest BCUT2D eigenvalue weighted by Crippen LogP contribution is -2.22. The molecule has 6 nitrogen and oxygen atoms in total. The molecule has 150 valence electrons. The molecular formula is C22H19N5OS2. The van der Waals surface area contributed by atoms with Gasteiger partial charge in [-0.2, -0.15) is 0 Å². The van der Waals surface area contributed by atoms with Crippen molar-refractivity contribution >= 4 is 60.9 Å². The van der Waals surface area contributed by atoms with Crippen molar-refractivity contribution in [3.05, 3.63) is 59.7 Å². The molecule has 30 heavy (non-hydrogen) atoms. The summed E-state index contributed by atoms with van der Waals surface area (Å²) in [6, 6.07) is 16.1. The van der Waals surface area contributed by atoms with E-state index in [1.165, 1.54) is 23.1 Å². The molecule has 0 saturated carbocycles. The van der Waals surface area contributed by atoms with Crippen LogP contribution in [0.5, 0.6) is 0 Å². The topological polar surface area (TPSA) is 72.2 Å². The maximum Gasteiger partial charge on any atom is 0.239 e. The summed E-state index contributed by atoms with van der Waals surface area (Å²) in [6.45, 7) is 6.04.